The second kappa shape index (κ2) is 9.85. The fourth-order valence-corrected chi connectivity index (χ4v) is 1.30. The Morgan fingerprint density at radius 1 is 1.50 bits per heavy atom. The third kappa shape index (κ3) is 16.1. The average molecular weight is 274 g/mol. The molecular weight excluding hydrogens is 256 g/mol. The van der Waals surface area contributed by atoms with E-state index in [1.807, 2.05) is 6.26 Å². The van der Waals surface area contributed by atoms with Crippen molar-refractivity contribution in [3.8, 4) is 0 Å². The van der Waals surface area contributed by atoms with Crippen molar-refractivity contribution in [1.29, 1.82) is 0 Å². The van der Waals surface area contributed by atoms with E-state index in [0.29, 0.717) is 6.42 Å². The van der Waals surface area contributed by atoms with Gasteiger partial charge < -0.3 is 16.6 Å². The third-order valence-electron chi connectivity index (χ3n) is 1.33. The smallest absolute Gasteiger partial charge is 0.320 e. The van der Waals surface area contributed by atoms with Crippen LogP contribution in [-0.2, 0) is 14.9 Å². The molecule has 0 aromatic heterocycles. The lowest BCUT2D eigenvalue weighted by Gasteiger charge is -2.02. The number of aliphatic carboxylic acids is 1. The van der Waals surface area contributed by atoms with Crippen LogP contribution in [0.5, 0.6) is 0 Å². The predicted molar refractivity (Wildman–Crippen MR) is 64.1 cm³/mol. The van der Waals surface area contributed by atoms with Crippen molar-refractivity contribution >= 4 is 27.8 Å². The minimum Gasteiger partial charge on any atom is -0.480 e. The number of carbonyl (C=O) groups is 1. The lowest BCUT2D eigenvalue weighted by atomic mass is 10.2. The van der Waals surface area contributed by atoms with E-state index in [-0.39, 0.29) is 12.3 Å². The SMILES string of the molecule is CSCCC(N)C(=O)O.NCCS(=O)(=O)O. The zero-order valence-electron chi connectivity index (χ0n) is 9.00. The van der Waals surface area contributed by atoms with Crippen LogP contribution < -0.4 is 11.5 Å². The molecule has 0 amide bonds. The van der Waals surface area contributed by atoms with Crippen molar-refractivity contribution in [2.24, 2.45) is 11.5 Å². The summed E-state index contributed by atoms with van der Waals surface area (Å²) in [5.74, 6) is -0.454. The fraction of sp³-hybridized carbons (Fsp3) is 0.857. The van der Waals surface area contributed by atoms with Gasteiger partial charge in [-0.05, 0) is 18.4 Å². The third-order valence-corrected chi connectivity index (χ3v) is 2.72. The molecule has 0 heterocycles. The number of thioether (sulfide) groups is 1. The van der Waals surface area contributed by atoms with Crippen molar-refractivity contribution in [2.75, 3.05) is 24.3 Å². The van der Waals surface area contributed by atoms with Crippen LogP contribution >= 0.6 is 11.8 Å². The van der Waals surface area contributed by atoms with Gasteiger partial charge in [0.1, 0.15) is 6.04 Å². The van der Waals surface area contributed by atoms with Crippen molar-refractivity contribution < 1.29 is 22.9 Å². The van der Waals surface area contributed by atoms with E-state index in [0.717, 1.165) is 5.75 Å². The zero-order chi connectivity index (χ0) is 13.2. The van der Waals surface area contributed by atoms with Crippen LogP contribution in [0, 0.1) is 0 Å². The molecule has 0 rings (SSSR count). The fourth-order valence-electron chi connectivity index (χ4n) is 0.517. The van der Waals surface area contributed by atoms with E-state index in [9.17, 15) is 13.2 Å². The van der Waals surface area contributed by atoms with Crippen LogP contribution in [0.4, 0.5) is 0 Å². The number of rotatable bonds is 6. The Morgan fingerprint density at radius 3 is 2.19 bits per heavy atom. The van der Waals surface area contributed by atoms with Gasteiger partial charge in [0, 0.05) is 6.54 Å². The molecule has 0 bridgehead atoms. The van der Waals surface area contributed by atoms with Gasteiger partial charge in [-0.25, -0.2) is 0 Å². The van der Waals surface area contributed by atoms with Crippen LogP contribution in [0.15, 0.2) is 0 Å². The Bertz CT molecular complexity index is 281. The van der Waals surface area contributed by atoms with Gasteiger partial charge in [0.15, 0.2) is 0 Å². The van der Waals surface area contributed by atoms with E-state index in [1.165, 1.54) is 0 Å². The molecule has 0 aliphatic heterocycles. The van der Waals surface area contributed by atoms with Crippen molar-refractivity contribution in [1.82, 2.24) is 0 Å². The Morgan fingerprint density at radius 2 is 2.00 bits per heavy atom. The summed E-state index contributed by atoms with van der Waals surface area (Å²) in [6.45, 7) is -0.0289. The van der Waals surface area contributed by atoms with Crippen LogP contribution in [-0.4, -0.2) is 54.4 Å². The summed E-state index contributed by atoms with van der Waals surface area (Å²) in [4.78, 5) is 10.1. The minimum absolute atomic E-state index is 0.0289. The minimum atomic E-state index is -3.80. The summed E-state index contributed by atoms with van der Waals surface area (Å²) in [5.41, 5.74) is 9.97. The summed E-state index contributed by atoms with van der Waals surface area (Å²) in [5, 5.41) is 8.27. The Hall–Kier alpha value is -0.350. The Labute approximate surface area is 99.3 Å². The summed E-state index contributed by atoms with van der Waals surface area (Å²) in [6.07, 6.45) is 2.48. The van der Waals surface area contributed by atoms with E-state index in [1.54, 1.807) is 11.8 Å². The van der Waals surface area contributed by atoms with E-state index < -0.39 is 22.1 Å². The monoisotopic (exact) mass is 274 g/mol. The average Bonchev–Trinajstić information content (AvgIpc) is 2.13. The van der Waals surface area contributed by atoms with Gasteiger partial charge in [0.05, 0.1) is 5.75 Å². The number of carboxylic acid groups (broad SMARTS) is 1. The number of hydrogen-bond donors (Lipinski definition) is 4. The predicted octanol–water partition coefficient (Wildman–Crippen LogP) is -1.02. The summed E-state index contributed by atoms with van der Waals surface area (Å²) in [7, 11) is -3.80. The molecule has 0 radical (unpaired) electrons. The number of hydrogen-bond acceptors (Lipinski definition) is 6. The van der Waals surface area contributed by atoms with Crippen LogP contribution in [0.3, 0.4) is 0 Å². The molecule has 98 valence electrons. The quantitative estimate of drug-likeness (QED) is 0.451. The maximum absolute atomic E-state index is 10.1. The summed E-state index contributed by atoms with van der Waals surface area (Å²) >= 11 is 1.60. The van der Waals surface area contributed by atoms with Gasteiger partial charge in [-0.2, -0.15) is 20.2 Å². The molecular formula is C7H18N2O5S2. The zero-order valence-corrected chi connectivity index (χ0v) is 10.6. The number of nitrogens with two attached hydrogens (primary N) is 2. The second-order valence-corrected chi connectivity index (χ2v) is 5.36. The largest absolute Gasteiger partial charge is 0.480 e. The first-order valence-corrected chi connectivity index (χ1v) is 7.37. The standard InChI is InChI=1S/C5H11NO2S.C2H7NO3S/c1-9-3-2-4(6)5(7)8;3-1-2-7(4,5)6/h4H,2-3,6H2,1H3,(H,7,8);1-3H2,(H,4,5,6). The van der Waals surface area contributed by atoms with E-state index in [2.05, 4.69) is 0 Å². The highest BCUT2D eigenvalue weighted by Gasteiger charge is 2.08. The Kier molecular flexibility index (Phi) is 11.1. The second-order valence-electron chi connectivity index (χ2n) is 2.80. The first kappa shape index (κ1) is 18.0. The summed E-state index contributed by atoms with van der Waals surface area (Å²) in [6, 6.07) is -0.683. The number of carboxylic acids is 1. The highest BCUT2D eigenvalue weighted by Crippen LogP contribution is 1.97. The van der Waals surface area contributed by atoms with Crippen molar-refractivity contribution in [3.63, 3.8) is 0 Å². The molecule has 1 unspecified atom stereocenters. The highest BCUT2D eigenvalue weighted by molar-refractivity contribution is 7.98. The van der Waals surface area contributed by atoms with Crippen molar-refractivity contribution in [2.45, 2.75) is 12.5 Å². The maximum Gasteiger partial charge on any atom is 0.320 e. The van der Waals surface area contributed by atoms with Gasteiger partial charge >= 0.3 is 5.97 Å². The Balaban J connectivity index is 0. The maximum atomic E-state index is 10.1. The molecule has 0 saturated heterocycles. The van der Waals surface area contributed by atoms with Crippen molar-refractivity contribution in [3.05, 3.63) is 0 Å². The van der Waals surface area contributed by atoms with Gasteiger partial charge in [-0.15, -0.1) is 0 Å². The highest BCUT2D eigenvalue weighted by atomic mass is 32.2. The molecule has 0 aromatic carbocycles. The van der Waals surface area contributed by atoms with E-state index in [4.69, 9.17) is 21.1 Å². The first-order valence-electron chi connectivity index (χ1n) is 4.37. The molecule has 0 aliphatic carbocycles. The molecule has 1 atom stereocenters. The normalized spacial score (nSPS) is 12.5. The molecule has 7 nitrogen and oxygen atoms in total. The van der Waals surface area contributed by atoms with Crippen LogP contribution in [0.2, 0.25) is 0 Å². The molecule has 0 aliphatic rings. The van der Waals surface area contributed by atoms with Gasteiger partial charge in [0.2, 0.25) is 0 Å². The van der Waals surface area contributed by atoms with Gasteiger partial charge in [0.25, 0.3) is 10.1 Å². The van der Waals surface area contributed by atoms with Gasteiger partial charge in [-0.1, -0.05) is 0 Å². The molecule has 6 N–H and O–H groups in total. The molecule has 0 aromatic rings. The van der Waals surface area contributed by atoms with Crippen LogP contribution in [0.25, 0.3) is 0 Å². The molecule has 16 heavy (non-hydrogen) atoms. The lowest BCUT2D eigenvalue weighted by molar-refractivity contribution is -0.138. The molecule has 9 heteroatoms. The van der Waals surface area contributed by atoms with Crippen LogP contribution in [0.1, 0.15) is 6.42 Å². The first-order chi connectivity index (χ1) is 7.24. The lowest BCUT2D eigenvalue weighted by Crippen LogP contribution is -2.30. The van der Waals surface area contributed by atoms with Gasteiger partial charge in [-0.3, -0.25) is 9.35 Å². The van der Waals surface area contributed by atoms with E-state index >= 15 is 0 Å². The molecule has 0 fully saturated rings. The molecule has 0 saturated carbocycles. The summed E-state index contributed by atoms with van der Waals surface area (Å²) < 4.78 is 27.3. The topological polar surface area (TPSA) is 144 Å². The molecule has 0 spiro atoms.